The summed E-state index contributed by atoms with van der Waals surface area (Å²) in [4.78, 5) is 16.8. The number of likely N-dealkylation sites (tertiary alicyclic amines) is 1. The summed E-state index contributed by atoms with van der Waals surface area (Å²) < 4.78 is 5.50. The molecule has 0 aromatic heterocycles. The highest BCUT2D eigenvalue weighted by molar-refractivity contribution is 5.69. The van der Waals surface area contributed by atoms with E-state index in [2.05, 4.69) is 29.2 Å². The summed E-state index contributed by atoms with van der Waals surface area (Å²) in [5.41, 5.74) is 2.29. The maximum absolute atomic E-state index is 12.4. The minimum atomic E-state index is -0.191. The average molecular weight is 322 g/mol. The Balaban J connectivity index is 1.39. The molecular weight excluding hydrogens is 300 g/mol. The van der Waals surface area contributed by atoms with Crippen LogP contribution in [0.15, 0.2) is 60.7 Å². The molecule has 0 aliphatic carbocycles. The molecule has 2 aromatic carbocycles. The molecule has 0 radical (unpaired) electrons. The van der Waals surface area contributed by atoms with Crippen LogP contribution in [0.3, 0.4) is 0 Å². The van der Waals surface area contributed by atoms with Crippen LogP contribution in [0.4, 0.5) is 10.5 Å². The number of para-hydroxylation sites is 1. The summed E-state index contributed by atoms with van der Waals surface area (Å²) in [6, 6.07) is 21.2. The maximum atomic E-state index is 12.4. The van der Waals surface area contributed by atoms with Crippen molar-refractivity contribution < 1.29 is 9.53 Å². The van der Waals surface area contributed by atoms with E-state index in [1.54, 1.807) is 0 Å². The first-order valence-electron chi connectivity index (χ1n) is 8.60. The third-order valence-electron chi connectivity index (χ3n) is 5.00. The highest BCUT2D eigenvalue weighted by atomic mass is 16.6. The predicted molar refractivity (Wildman–Crippen MR) is 93.9 cm³/mol. The van der Waals surface area contributed by atoms with Crippen LogP contribution in [0.5, 0.6) is 0 Å². The lowest BCUT2D eigenvalue weighted by atomic mass is 10.1. The molecule has 1 amide bonds. The zero-order chi connectivity index (χ0) is 16.4. The van der Waals surface area contributed by atoms with Crippen molar-refractivity contribution >= 4 is 11.8 Å². The summed E-state index contributed by atoms with van der Waals surface area (Å²) in [6.07, 6.45) is 2.09. The van der Waals surface area contributed by atoms with Gasteiger partial charge in [0.15, 0.2) is 0 Å². The number of anilines is 1. The third-order valence-corrected chi connectivity index (χ3v) is 5.00. The highest BCUT2D eigenvalue weighted by Gasteiger charge is 2.41. The summed E-state index contributed by atoms with van der Waals surface area (Å²) in [7, 11) is 0. The Morgan fingerprint density at radius 2 is 1.50 bits per heavy atom. The number of amides is 1. The zero-order valence-corrected chi connectivity index (χ0v) is 13.7. The summed E-state index contributed by atoms with van der Waals surface area (Å²) in [5, 5.41) is 0. The fraction of sp³-hybridized carbons (Fsp3) is 0.350. The summed E-state index contributed by atoms with van der Waals surface area (Å²) >= 11 is 0. The van der Waals surface area contributed by atoms with Gasteiger partial charge in [0.25, 0.3) is 0 Å². The molecule has 0 spiro atoms. The van der Waals surface area contributed by atoms with Crippen molar-refractivity contribution in [2.75, 3.05) is 18.0 Å². The lowest BCUT2D eigenvalue weighted by Gasteiger charge is -2.42. The number of ether oxygens (including phenoxy) is 1. The molecule has 2 atom stereocenters. The third kappa shape index (κ3) is 2.96. The van der Waals surface area contributed by atoms with Gasteiger partial charge in [0, 0.05) is 30.9 Å². The Kier molecular flexibility index (Phi) is 4.11. The first kappa shape index (κ1) is 15.1. The Hall–Kier alpha value is -2.49. The van der Waals surface area contributed by atoms with Crippen LogP contribution in [-0.4, -0.2) is 36.2 Å². The van der Waals surface area contributed by atoms with Gasteiger partial charge in [-0.15, -0.1) is 0 Å². The van der Waals surface area contributed by atoms with E-state index in [0.717, 1.165) is 31.5 Å². The van der Waals surface area contributed by atoms with Gasteiger partial charge in [-0.2, -0.15) is 0 Å². The zero-order valence-electron chi connectivity index (χ0n) is 13.7. The Bertz CT molecular complexity index is 675. The van der Waals surface area contributed by atoms with E-state index in [-0.39, 0.29) is 6.09 Å². The van der Waals surface area contributed by atoms with E-state index in [4.69, 9.17) is 4.74 Å². The van der Waals surface area contributed by atoms with Crippen molar-refractivity contribution in [2.24, 2.45) is 0 Å². The van der Waals surface area contributed by atoms with E-state index in [1.807, 2.05) is 41.3 Å². The van der Waals surface area contributed by atoms with E-state index < -0.39 is 0 Å². The molecule has 4 nitrogen and oxygen atoms in total. The molecule has 2 aliphatic heterocycles. The van der Waals surface area contributed by atoms with Crippen LogP contribution in [-0.2, 0) is 11.3 Å². The van der Waals surface area contributed by atoms with Crippen molar-refractivity contribution in [3.05, 3.63) is 66.2 Å². The van der Waals surface area contributed by atoms with E-state index in [0.29, 0.717) is 18.7 Å². The van der Waals surface area contributed by atoms with Crippen molar-refractivity contribution in [1.82, 2.24) is 4.90 Å². The number of benzene rings is 2. The molecule has 0 N–H and O–H groups in total. The normalized spacial score (nSPS) is 22.5. The monoisotopic (exact) mass is 322 g/mol. The predicted octanol–water partition coefficient (Wildman–Crippen LogP) is 3.68. The lowest BCUT2D eigenvalue weighted by Crippen LogP contribution is -2.55. The van der Waals surface area contributed by atoms with E-state index >= 15 is 0 Å². The average Bonchev–Trinajstić information content (AvgIpc) is 2.91. The molecule has 2 bridgehead atoms. The minimum Gasteiger partial charge on any atom is -0.445 e. The first-order valence-corrected chi connectivity index (χ1v) is 8.60. The van der Waals surface area contributed by atoms with Crippen LogP contribution >= 0.6 is 0 Å². The molecule has 124 valence electrons. The second-order valence-electron chi connectivity index (χ2n) is 6.57. The van der Waals surface area contributed by atoms with Crippen molar-refractivity contribution in [3.63, 3.8) is 0 Å². The van der Waals surface area contributed by atoms with Gasteiger partial charge in [-0.3, -0.25) is 0 Å². The molecule has 2 fully saturated rings. The smallest absolute Gasteiger partial charge is 0.410 e. The van der Waals surface area contributed by atoms with E-state index in [1.165, 1.54) is 5.69 Å². The van der Waals surface area contributed by atoms with Gasteiger partial charge >= 0.3 is 6.09 Å². The molecule has 4 rings (SSSR count). The number of piperazine rings is 1. The number of rotatable bonds is 3. The number of hydrogen-bond acceptors (Lipinski definition) is 3. The number of fused-ring (bicyclic) bond motifs is 2. The SMILES string of the molecule is O=C(OCc1ccccc1)N1CC2CCC(C1)N2c1ccccc1. The van der Waals surface area contributed by atoms with Crippen LogP contribution in [0.1, 0.15) is 18.4 Å². The molecule has 2 saturated heterocycles. The largest absolute Gasteiger partial charge is 0.445 e. The lowest BCUT2D eigenvalue weighted by molar-refractivity contribution is 0.0881. The maximum Gasteiger partial charge on any atom is 0.410 e. The number of carbonyl (C=O) groups is 1. The number of nitrogens with zero attached hydrogens (tertiary/aromatic N) is 2. The summed E-state index contributed by atoms with van der Waals surface area (Å²) in [6.45, 7) is 1.84. The van der Waals surface area contributed by atoms with Gasteiger partial charge in [-0.25, -0.2) is 4.79 Å². The number of carbonyl (C=O) groups excluding carboxylic acids is 1. The fourth-order valence-electron chi connectivity index (χ4n) is 3.88. The second kappa shape index (κ2) is 6.56. The van der Waals surface area contributed by atoms with Crippen LogP contribution in [0.2, 0.25) is 0 Å². The van der Waals surface area contributed by atoms with Gasteiger partial charge in [0.05, 0.1) is 0 Å². The Morgan fingerprint density at radius 1 is 0.917 bits per heavy atom. The fourth-order valence-corrected chi connectivity index (χ4v) is 3.88. The van der Waals surface area contributed by atoms with Crippen molar-refractivity contribution in [2.45, 2.75) is 31.5 Å². The Morgan fingerprint density at radius 3 is 2.12 bits per heavy atom. The Labute approximate surface area is 142 Å². The van der Waals surface area contributed by atoms with Gasteiger partial charge in [0.2, 0.25) is 0 Å². The molecule has 2 heterocycles. The van der Waals surface area contributed by atoms with Crippen LogP contribution in [0.25, 0.3) is 0 Å². The summed E-state index contributed by atoms with van der Waals surface area (Å²) in [5.74, 6) is 0. The second-order valence-corrected chi connectivity index (χ2v) is 6.57. The van der Waals surface area contributed by atoms with Crippen molar-refractivity contribution in [1.29, 1.82) is 0 Å². The molecule has 2 unspecified atom stereocenters. The van der Waals surface area contributed by atoms with Gasteiger partial charge in [-0.1, -0.05) is 48.5 Å². The highest BCUT2D eigenvalue weighted by Crippen LogP contribution is 2.34. The first-order chi connectivity index (χ1) is 11.8. The molecule has 4 heteroatoms. The molecule has 0 saturated carbocycles. The number of hydrogen-bond donors (Lipinski definition) is 0. The van der Waals surface area contributed by atoms with Crippen LogP contribution in [0, 0.1) is 0 Å². The van der Waals surface area contributed by atoms with Crippen molar-refractivity contribution in [3.8, 4) is 0 Å². The van der Waals surface area contributed by atoms with Gasteiger partial charge in [-0.05, 0) is 30.5 Å². The van der Waals surface area contributed by atoms with Gasteiger partial charge in [0.1, 0.15) is 6.61 Å². The molecule has 24 heavy (non-hydrogen) atoms. The van der Waals surface area contributed by atoms with Crippen LogP contribution < -0.4 is 4.90 Å². The minimum absolute atomic E-state index is 0.191. The molecule has 2 aromatic rings. The van der Waals surface area contributed by atoms with Gasteiger partial charge < -0.3 is 14.5 Å². The van der Waals surface area contributed by atoms with E-state index in [9.17, 15) is 4.79 Å². The molecule has 2 aliphatic rings. The molecular formula is C20H22N2O2. The quantitative estimate of drug-likeness (QED) is 0.864. The standard InChI is InChI=1S/C20H22N2O2/c23-20(24-15-16-7-3-1-4-8-16)21-13-18-11-12-19(14-21)22(18)17-9-5-2-6-10-17/h1-10,18-19H,11-15H2. The topological polar surface area (TPSA) is 32.8 Å².